The average molecular weight is 278 g/mol. The number of benzene rings is 1. The molecular formula is C14H18N2O2S. The molecule has 0 amide bonds. The molecule has 0 unspecified atom stereocenters. The standard InChI is InChI=1S/C14H18N2O2S/c1-14(2,3)10-16-19(17,18)13-6-4-5-11-9-15-8-7-12(11)13/h4-9,16H,10H2,1-3H3. The van der Waals surface area contributed by atoms with Crippen molar-refractivity contribution in [3.8, 4) is 0 Å². The lowest BCUT2D eigenvalue weighted by atomic mass is 9.98. The molecule has 102 valence electrons. The van der Waals surface area contributed by atoms with Gasteiger partial charge in [-0.2, -0.15) is 0 Å². The van der Waals surface area contributed by atoms with E-state index in [1.165, 1.54) is 0 Å². The molecule has 0 spiro atoms. The molecule has 1 aromatic heterocycles. The number of hydrogen-bond acceptors (Lipinski definition) is 3. The lowest BCUT2D eigenvalue weighted by Gasteiger charge is -2.19. The highest BCUT2D eigenvalue weighted by Gasteiger charge is 2.20. The summed E-state index contributed by atoms with van der Waals surface area (Å²) < 4.78 is 27.4. The molecular weight excluding hydrogens is 260 g/mol. The number of sulfonamides is 1. The van der Waals surface area contributed by atoms with Crippen LogP contribution in [-0.2, 0) is 10.0 Å². The van der Waals surface area contributed by atoms with E-state index in [0.29, 0.717) is 16.8 Å². The second-order valence-corrected chi connectivity index (χ2v) is 7.47. The molecule has 0 radical (unpaired) electrons. The van der Waals surface area contributed by atoms with Crippen molar-refractivity contribution < 1.29 is 8.42 Å². The third-order valence-corrected chi connectivity index (χ3v) is 4.18. The minimum atomic E-state index is -3.50. The summed E-state index contributed by atoms with van der Waals surface area (Å²) in [5.74, 6) is 0. The molecule has 0 fully saturated rings. The number of nitrogens with zero attached hydrogens (tertiary/aromatic N) is 1. The molecule has 2 aromatic rings. The highest BCUT2D eigenvalue weighted by atomic mass is 32.2. The van der Waals surface area contributed by atoms with Crippen LogP contribution >= 0.6 is 0 Å². The van der Waals surface area contributed by atoms with Crippen LogP contribution in [0, 0.1) is 5.41 Å². The Kier molecular flexibility index (Phi) is 3.60. The van der Waals surface area contributed by atoms with Crippen LogP contribution in [0.1, 0.15) is 20.8 Å². The first-order chi connectivity index (χ1) is 8.80. The van der Waals surface area contributed by atoms with Crippen molar-refractivity contribution in [3.63, 3.8) is 0 Å². The zero-order valence-electron chi connectivity index (χ0n) is 11.3. The monoisotopic (exact) mass is 278 g/mol. The predicted octanol–water partition coefficient (Wildman–Crippen LogP) is 2.56. The summed E-state index contributed by atoms with van der Waals surface area (Å²) in [4.78, 5) is 4.31. The number of nitrogens with one attached hydrogen (secondary N) is 1. The second kappa shape index (κ2) is 4.90. The third-order valence-electron chi connectivity index (χ3n) is 2.72. The number of pyridine rings is 1. The highest BCUT2D eigenvalue weighted by molar-refractivity contribution is 7.89. The minimum absolute atomic E-state index is 0.0980. The van der Waals surface area contributed by atoms with E-state index >= 15 is 0 Å². The summed E-state index contributed by atoms with van der Waals surface area (Å²) in [6.45, 7) is 6.37. The number of rotatable bonds is 3. The Morgan fingerprint density at radius 2 is 1.95 bits per heavy atom. The fourth-order valence-electron chi connectivity index (χ4n) is 1.72. The maximum atomic E-state index is 12.4. The van der Waals surface area contributed by atoms with Gasteiger partial charge in [0.2, 0.25) is 10.0 Å². The first kappa shape index (κ1) is 14.0. The molecule has 1 heterocycles. The van der Waals surface area contributed by atoms with Gasteiger partial charge in [-0.1, -0.05) is 32.9 Å². The van der Waals surface area contributed by atoms with E-state index in [-0.39, 0.29) is 5.41 Å². The second-order valence-electron chi connectivity index (χ2n) is 5.74. The van der Waals surface area contributed by atoms with E-state index < -0.39 is 10.0 Å². The molecule has 0 aliphatic carbocycles. The Balaban J connectivity index is 2.44. The van der Waals surface area contributed by atoms with Gasteiger partial charge < -0.3 is 0 Å². The summed E-state index contributed by atoms with van der Waals surface area (Å²) >= 11 is 0. The Morgan fingerprint density at radius 1 is 1.21 bits per heavy atom. The van der Waals surface area contributed by atoms with Crippen LogP contribution in [0.4, 0.5) is 0 Å². The number of hydrogen-bond donors (Lipinski definition) is 1. The van der Waals surface area contributed by atoms with Gasteiger partial charge >= 0.3 is 0 Å². The molecule has 4 nitrogen and oxygen atoms in total. The minimum Gasteiger partial charge on any atom is -0.264 e. The predicted molar refractivity (Wildman–Crippen MR) is 76.4 cm³/mol. The smallest absolute Gasteiger partial charge is 0.241 e. The zero-order chi connectivity index (χ0) is 14.1. The van der Waals surface area contributed by atoms with Gasteiger partial charge in [-0.15, -0.1) is 0 Å². The Morgan fingerprint density at radius 3 is 2.63 bits per heavy atom. The zero-order valence-corrected chi connectivity index (χ0v) is 12.2. The van der Waals surface area contributed by atoms with Gasteiger partial charge in [0.15, 0.2) is 0 Å². The molecule has 0 saturated heterocycles. The number of fused-ring (bicyclic) bond motifs is 1. The first-order valence-corrected chi connectivity index (χ1v) is 7.60. The van der Waals surface area contributed by atoms with E-state index in [1.807, 2.05) is 26.8 Å². The van der Waals surface area contributed by atoms with Crippen LogP contribution in [0.3, 0.4) is 0 Å². The topological polar surface area (TPSA) is 59.1 Å². The largest absolute Gasteiger partial charge is 0.264 e. The normalized spacial score (nSPS) is 12.8. The average Bonchev–Trinajstić information content (AvgIpc) is 2.35. The van der Waals surface area contributed by atoms with Crippen LogP contribution in [-0.4, -0.2) is 19.9 Å². The first-order valence-electron chi connectivity index (χ1n) is 6.12. The quantitative estimate of drug-likeness (QED) is 0.938. The molecule has 0 aliphatic heterocycles. The van der Waals surface area contributed by atoms with Crippen LogP contribution in [0.5, 0.6) is 0 Å². The van der Waals surface area contributed by atoms with Gasteiger partial charge in [0.05, 0.1) is 4.90 Å². The van der Waals surface area contributed by atoms with Crippen molar-refractivity contribution in [3.05, 3.63) is 36.7 Å². The van der Waals surface area contributed by atoms with Crippen LogP contribution in [0.15, 0.2) is 41.6 Å². The van der Waals surface area contributed by atoms with Gasteiger partial charge in [0, 0.05) is 29.7 Å². The Bertz CT molecular complexity index is 683. The maximum Gasteiger partial charge on any atom is 0.241 e. The van der Waals surface area contributed by atoms with Crippen LogP contribution in [0.2, 0.25) is 0 Å². The van der Waals surface area contributed by atoms with Gasteiger partial charge in [0.25, 0.3) is 0 Å². The lowest BCUT2D eigenvalue weighted by molar-refractivity contribution is 0.408. The van der Waals surface area contributed by atoms with Gasteiger partial charge in [-0.25, -0.2) is 13.1 Å². The van der Waals surface area contributed by atoms with Gasteiger partial charge in [0.1, 0.15) is 0 Å². The number of aromatic nitrogens is 1. The molecule has 0 bridgehead atoms. The third kappa shape index (κ3) is 3.30. The highest BCUT2D eigenvalue weighted by Crippen LogP contribution is 2.22. The molecule has 0 aliphatic rings. The fourth-order valence-corrected chi connectivity index (χ4v) is 3.23. The summed E-state index contributed by atoms with van der Waals surface area (Å²) in [7, 11) is -3.50. The summed E-state index contributed by atoms with van der Waals surface area (Å²) in [5, 5.41) is 1.51. The van der Waals surface area contributed by atoms with Crippen molar-refractivity contribution in [1.82, 2.24) is 9.71 Å². The summed E-state index contributed by atoms with van der Waals surface area (Å²) in [5.41, 5.74) is -0.0980. The molecule has 5 heteroatoms. The molecule has 1 aromatic carbocycles. The Hall–Kier alpha value is -1.46. The Labute approximate surface area is 113 Å². The van der Waals surface area contributed by atoms with E-state index in [9.17, 15) is 8.42 Å². The van der Waals surface area contributed by atoms with E-state index in [2.05, 4.69) is 9.71 Å². The molecule has 19 heavy (non-hydrogen) atoms. The summed E-state index contributed by atoms with van der Waals surface area (Å²) in [6, 6.07) is 6.93. The molecule has 1 N–H and O–H groups in total. The van der Waals surface area contributed by atoms with Crippen molar-refractivity contribution in [1.29, 1.82) is 0 Å². The fraction of sp³-hybridized carbons (Fsp3) is 0.357. The lowest BCUT2D eigenvalue weighted by Crippen LogP contribution is -2.32. The van der Waals surface area contributed by atoms with Gasteiger partial charge in [-0.05, 0) is 17.5 Å². The SMILES string of the molecule is CC(C)(C)CNS(=O)(=O)c1cccc2cnccc12. The van der Waals surface area contributed by atoms with Crippen molar-refractivity contribution >= 4 is 20.8 Å². The van der Waals surface area contributed by atoms with Crippen LogP contribution < -0.4 is 4.72 Å². The van der Waals surface area contributed by atoms with E-state index in [1.54, 1.807) is 30.6 Å². The van der Waals surface area contributed by atoms with Gasteiger partial charge in [-0.3, -0.25) is 4.98 Å². The van der Waals surface area contributed by atoms with E-state index in [0.717, 1.165) is 5.39 Å². The molecule has 2 rings (SSSR count). The maximum absolute atomic E-state index is 12.4. The van der Waals surface area contributed by atoms with Crippen molar-refractivity contribution in [2.45, 2.75) is 25.7 Å². The van der Waals surface area contributed by atoms with Crippen LogP contribution in [0.25, 0.3) is 10.8 Å². The molecule has 0 saturated carbocycles. The summed E-state index contributed by atoms with van der Waals surface area (Å²) in [6.07, 6.45) is 3.27. The van der Waals surface area contributed by atoms with Crippen molar-refractivity contribution in [2.24, 2.45) is 5.41 Å². The van der Waals surface area contributed by atoms with E-state index in [4.69, 9.17) is 0 Å². The molecule has 0 atom stereocenters. The van der Waals surface area contributed by atoms with Crippen molar-refractivity contribution in [2.75, 3.05) is 6.54 Å².